The van der Waals surface area contributed by atoms with Crippen LogP contribution < -0.4 is 9.64 Å². The number of para-hydroxylation sites is 4. The van der Waals surface area contributed by atoms with Gasteiger partial charge in [-0.15, -0.1) is 0 Å². The van der Waals surface area contributed by atoms with Crippen LogP contribution >= 0.6 is 0 Å². The minimum Gasteiger partial charge on any atom is -0.457 e. The lowest BCUT2D eigenvalue weighted by Crippen LogP contribution is -2.38. The van der Waals surface area contributed by atoms with Crippen molar-refractivity contribution in [3.63, 3.8) is 0 Å². The third kappa shape index (κ3) is 5.06. The zero-order valence-electron chi connectivity index (χ0n) is 35.0. The Labute approximate surface area is 362 Å². The molecule has 0 saturated heterocycles. The van der Waals surface area contributed by atoms with Crippen molar-refractivity contribution in [1.29, 1.82) is 0 Å². The summed E-state index contributed by atoms with van der Waals surface area (Å²) in [5.41, 5.74) is 17.1. The van der Waals surface area contributed by atoms with Crippen LogP contribution in [-0.4, -0.2) is 4.57 Å². The van der Waals surface area contributed by atoms with Gasteiger partial charge in [-0.1, -0.05) is 166 Å². The number of hydrogen-bond donors (Lipinski definition) is 0. The van der Waals surface area contributed by atoms with Gasteiger partial charge in [-0.05, 0) is 107 Å². The summed E-state index contributed by atoms with van der Waals surface area (Å²) < 4.78 is 9.49. The van der Waals surface area contributed by atoms with Gasteiger partial charge in [0.2, 0.25) is 0 Å². The first kappa shape index (κ1) is 36.2. The van der Waals surface area contributed by atoms with Crippen molar-refractivity contribution in [3.8, 4) is 28.3 Å². The second-order valence-electron chi connectivity index (χ2n) is 17.2. The smallest absolute Gasteiger partial charge is 0.132 e. The van der Waals surface area contributed by atoms with Gasteiger partial charge >= 0.3 is 0 Å². The molecule has 3 nitrogen and oxygen atoms in total. The van der Waals surface area contributed by atoms with E-state index in [4.69, 9.17) is 4.74 Å². The minimum atomic E-state index is -0.696. The highest BCUT2D eigenvalue weighted by atomic mass is 16.5. The van der Waals surface area contributed by atoms with E-state index in [1.807, 2.05) is 0 Å². The van der Waals surface area contributed by atoms with Crippen molar-refractivity contribution < 1.29 is 4.74 Å². The summed E-state index contributed by atoms with van der Waals surface area (Å²) in [6.45, 7) is 6.78. The molecule has 0 saturated carbocycles. The van der Waals surface area contributed by atoms with E-state index >= 15 is 0 Å². The average molecular weight is 797 g/mol. The molecule has 0 N–H and O–H groups in total. The van der Waals surface area contributed by atoms with E-state index < -0.39 is 5.41 Å². The van der Waals surface area contributed by atoms with Gasteiger partial charge in [0.15, 0.2) is 0 Å². The van der Waals surface area contributed by atoms with Crippen LogP contribution in [0.2, 0.25) is 0 Å². The summed E-state index contributed by atoms with van der Waals surface area (Å²) in [6, 6.07) is 66.8. The summed E-state index contributed by atoms with van der Waals surface area (Å²) in [6.07, 6.45) is 10.9. The van der Waals surface area contributed by atoms with E-state index in [1.165, 1.54) is 60.9 Å². The maximum atomic E-state index is 7.00. The number of anilines is 2. The van der Waals surface area contributed by atoms with Gasteiger partial charge in [-0.25, -0.2) is 0 Å². The third-order valence-corrected chi connectivity index (χ3v) is 13.6. The molecule has 9 aromatic rings. The molecular weight excluding hydrogens is 753 g/mol. The lowest BCUT2D eigenvalue weighted by molar-refractivity contribution is 0.434. The third-order valence-electron chi connectivity index (χ3n) is 13.6. The lowest BCUT2D eigenvalue weighted by atomic mass is 9.61. The molecule has 1 atom stereocenters. The molecule has 2 aliphatic heterocycles. The SMILES string of the molecule is C/C=C\C=C/C(=Cc1ccccc1)N(c1ccc2c(c1)C(C)(C)c1ccccc1-2)c1ccc2c(c1)C1(c3ccccc3O2)c2ccccc2-n2c3ccccc3c3cccc1c32. The molecule has 1 aromatic heterocycles. The maximum Gasteiger partial charge on any atom is 0.132 e. The summed E-state index contributed by atoms with van der Waals surface area (Å²) in [7, 11) is 0. The van der Waals surface area contributed by atoms with Gasteiger partial charge in [0.25, 0.3) is 0 Å². The molecule has 1 unspecified atom stereocenters. The number of hydrogen-bond acceptors (Lipinski definition) is 2. The van der Waals surface area contributed by atoms with E-state index in [-0.39, 0.29) is 5.41 Å². The number of ether oxygens (including phenoxy) is 1. The molecule has 3 heterocycles. The molecule has 8 aromatic carbocycles. The Kier molecular flexibility index (Phi) is 8.01. The lowest BCUT2D eigenvalue weighted by Gasteiger charge is -2.45. The second-order valence-corrected chi connectivity index (χ2v) is 17.2. The molecule has 1 spiro atoms. The normalized spacial score (nSPS) is 16.6. The summed E-state index contributed by atoms with van der Waals surface area (Å²) in [5.74, 6) is 1.73. The van der Waals surface area contributed by atoms with Crippen LogP contribution in [0.15, 0.2) is 212 Å². The highest BCUT2D eigenvalue weighted by Gasteiger charge is 2.50. The van der Waals surface area contributed by atoms with Crippen LogP contribution in [0.1, 0.15) is 59.7 Å². The molecule has 3 aliphatic rings. The second kappa shape index (κ2) is 13.7. The Morgan fingerprint density at radius 1 is 0.532 bits per heavy atom. The zero-order chi connectivity index (χ0) is 41.6. The quantitative estimate of drug-likeness (QED) is 0.156. The van der Waals surface area contributed by atoms with Crippen LogP contribution in [0.4, 0.5) is 11.4 Å². The van der Waals surface area contributed by atoms with Gasteiger partial charge in [-0.3, -0.25) is 0 Å². The van der Waals surface area contributed by atoms with Crippen molar-refractivity contribution in [2.75, 3.05) is 4.90 Å². The van der Waals surface area contributed by atoms with Crippen LogP contribution in [-0.2, 0) is 10.8 Å². The van der Waals surface area contributed by atoms with Crippen molar-refractivity contribution >= 4 is 39.3 Å². The zero-order valence-corrected chi connectivity index (χ0v) is 35.0. The first-order chi connectivity index (χ1) is 30.5. The Bertz CT molecular complexity index is 3380. The molecule has 0 fully saturated rings. The number of allylic oxidation sites excluding steroid dienone is 4. The van der Waals surface area contributed by atoms with E-state index in [1.54, 1.807) is 0 Å². The molecular formula is C59H44N2O. The van der Waals surface area contributed by atoms with E-state index in [2.05, 4.69) is 243 Å². The fourth-order valence-electron chi connectivity index (χ4n) is 10.9. The number of aromatic nitrogens is 1. The van der Waals surface area contributed by atoms with E-state index in [0.29, 0.717) is 0 Å². The highest BCUT2D eigenvalue weighted by Crippen LogP contribution is 2.61. The first-order valence-corrected chi connectivity index (χ1v) is 21.6. The van der Waals surface area contributed by atoms with Crippen LogP contribution in [0, 0.1) is 0 Å². The maximum absolute atomic E-state index is 7.00. The Morgan fingerprint density at radius 2 is 1.18 bits per heavy atom. The molecule has 62 heavy (non-hydrogen) atoms. The molecule has 296 valence electrons. The largest absolute Gasteiger partial charge is 0.457 e. The summed E-state index contributed by atoms with van der Waals surface area (Å²) >= 11 is 0. The van der Waals surface area contributed by atoms with Crippen LogP contribution in [0.3, 0.4) is 0 Å². The van der Waals surface area contributed by atoms with Gasteiger partial charge in [0.1, 0.15) is 11.5 Å². The topological polar surface area (TPSA) is 17.4 Å². The number of rotatable bonds is 6. The van der Waals surface area contributed by atoms with Crippen LogP contribution in [0.5, 0.6) is 11.5 Å². The molecule has 1 aliphatic carbocycles. The van der Waals surface area contributed by atoms with Gasteiger partial charge < -0.3 is 14.2 Å². The minimum absolute atomic E-state index is 0.169. The van der Waals surface area contributed by atoms with Gasteiger partial charge in [0, 0.05) is 44.4 Å². The number of benzene rings is 8. The highest BCUT2D eigenvalue weighted by molar-refractivity contribution is 6.12. The van der Waals surface area contributed by atoms with Crippen molar-refractivity contribution in [3.05, 3.63) is 251 Å². The summed E-state index contributed by atoms with van der Waals surface area (Å²) in [5, 5.41) is 2.50. The predicted octanol–water partition coefficient (Wildman–Crippen LogP) is 15.2. The molecule has 0 amide bonds. The number of nitrogens with zero attached hydrogens (tertiary/aromatic N) is 2. The van der Waals surface area contributed by atoms with Gasteiger partial charge in [0.05, 0.1) is 22.1 Å². The first-order valence-electron chi connectivity index (χ1n) is 21.6. The fraction of sp³-hybridized carbons (Fsp3) is 0.0847. The van der Waals surface area contributed by atoms with Crippen molar-refractivity contribution in [2.45, 2.75) is 31.6 Å². The van der Waals surface area contributed by atoms with Crippen molar-refractivity contribution in [1.82, 2.24) is 4.57 Å². The van der Waals surface area contributed by atoms with E-state index in [0.717, 1.165) is 45.3 Å². The summed E-state index contributed by atoms with van der Waals surface area (Å²) in [4.78, 5) is 2.44. The Morgan fingerprint density at radius 3 is 2.03 bits per heavy atom. The molecule has 12 rings (SSSR count). The van der Waals surface area contributed by atoms with E-state index in [9.17, 15) is 0 Å². The monoisotopic (exact) mass is 796 g/mol. The van der Waals surface area contributed by atoms with Gasteiger partial charge in [-0.2, -0.15) is 0 Å². The number of fused-ring (bicyclic) bond motifs is 14. The van der Waals surface area contributed by atoms with Crippen LogP contribution in [0.25, 0.3) is 44.7 Å². The average Bonchev–Trinajstić information content (AvgIpc) is 3.77. The fourth-order valence-corrected chi connectivity index (χ4v) is 10.9. The van der Waals surface area contributed by atoms with Crippen molar-refractivity contribution in [2.24, 2.45) is 0 Å². The molecule has 3 heteroatoms. The predicted molar refractivity (Wildman–Crippen MR) is 257 cm³/mol. The molecule has 0 radical (unpaired) electrons. The Hall–Kier alpha value is -7.62. The Balaban J connectivity index is 1.17. The molecule has 0 bridgehead atoms. The standard InChI is InChI=1S/C59H44N2O/c1-4-5-7-21-40(36-39-19-8-6-9-20-39)60(41-32-34-44-43-22-10-12-25-47(43)58(2,3)51(44)37-41)42-33-35-56-52(38-42)59(49-27-14-17-31-55(49)62-56)48-26-13-16-30-54(48)61-53-29-15-11-23-45(53)46-24-18-28-50(59)57(46)61/h4-38H,1-3H3/b5-4-,21-7-,40-36?.